The van der Waals surface area contributed by atoms with Crippen LogP contribution in [0.4, 0.5) is 10.3 Å². The average Bonchev–Trinajstić information content (AvgIpc) is 2.86. The van der Waals surface area contributed by atoms with Crippen LogP contribution < -0.4 is 4.90 Å². The smallest absolute Gasteiger partial charge is 0.226 e. The highest BCUT2D eigenvalue weighted by atomic mass is 32.1. The van der Waals surface area contributed by atoms with Gasteiger partial charge in [0.05, 0.1) is 42.4 Å². The van der Waals surface area contributed by atoms with Crippen LogP contribution in [-0.2, 0) is 4.74 Å². The topological polar surface area (TPSA) is 51.1 Å². The molecule has 2 aromatic rings. The molecule has 1 atom stereocenters. The molecule has 0 bridgehead atoms. The maximum absolute atomic E-state index is 12.9. The van der Waals surface area contributed by atoms with E-state index in [1.807, 2.05) is 17.2 Å². The summed E-state index contributed by atoms with van der Waals surface area (Å²) in [5.74, 6) is 0.0819. The maximum Gasteiger partial charge on any atom is 0.226 e. The lowest BCUT2D eigenvalue weighted by atomic mass is 10.2. The summed E-state index contributed by atoms with van der Waals surface area (Å²) in [6.45, 7) is 3.80. The molecule has 7 heteroatoms. The van der Waals surface area contributed by atoms with Crippen LogP contribution in [0.25, 0.3) is 0 Å². The Morgan fingerprint density at radius 2 is 2.21 bits per heavy atom. The molecule has 2 aromatic heterocycles. The van der Waals surface area contributed by atoms with Gasteiger partial charge in [-0.15, -0.1) is 11.3 Å². The number of hydrogen-bond acceptors (Lipinski definition) is 6. The Morgan fingerprint density at radius 3 is 2.89 bits per heavy atom. The first-order valence-electron chi connectivity index (χ1n) is 5.98. The van der Waals surface area contributed by atoms with Crippen molar-refractivity contribution in [3.8, 4) is 0 Å². The molecule has 0 spiro atoms. The summed E-state index contributed by atoms with van der Waals surface area (Å²) in [5, 5.41) is 3.03. The quantitative estimate of drug-likeness (QED) is 0.841. The number of anilines is 1. The second-order valence-corrected chi connectivity index (χ2v) is 5.34. The van der Waals surface area contributed by atoms with Gasteiger partial charge in [-0.2, -0.15) is 0 Å². The molecule has 19 heavy (non-hydrogen) atoms. The van der Waals surface area contributed by atoms with Gasteiger partial charge in [0.1, 0.15) is 0 Å². The largest absolute Gasteiger partial charge is 0.377 e. The van der Waals surface area contributed by atoms with Crippen molar-refractivity contribution >= 4 is 17.3 Å². The molecular weight excluding hydrogens is 267 g/mol. The summed E-state index contributed by atoms with van der Waals surface area (Å²) in [5.41, 5.74) is 0.954. The zero-order valence-corrected chi connectivity index (χ0v) is 11.2. The first-order chi connectivity index (χ1) is 9.24. The number of aromatic nitrogens is 3. The van der Waals surface area contributed by atoms with Crippen LogP contribution in [0.3, 0.4) is 0 Å². The van der Waals surface area contributed by atoms with Crippen LogP contribution >= 0.6 is 11.3 Å². The third-order valence-corrected chi connectivity index (χ3v) is 3.76. The first kappa shape index (κ1) is 12.4. The fourth-order valence-electron chi connectivity index (χ4n) is 2.08. The second-order valence-electron chi connectivity index (χ2n) is 4.28. The van der Waals surface area contributed by atoms with Crippen LogP contribution in [-0.4, -0.2) is 34.7 Å². The molecule has 0 radical (unpaired) electrons. The Labute approximate surface area is 114 Å². The van der Waals surface area contributed by atoms with Gasteiger partial charge in [0, 0.05) is 11.9 Å². The number of rotatable bonds is 2. The number of aryl methyl sites for hydroxylation is 1. The molecule has 0 saturated carbocycles. The van der Waals surface area contributed by atoms with Gasteiger partial charge < -0.3 is 9.64 Å². The molecule has 1 saturated heterocycles. The van der Waals surface area contributed by atoms with Crippen LogP contribution in [0, 0.1) is 12.7 Å². The molecule has 0 N–H and O–H groups in total. The zero-order valence-electron chi connectivity index (χ0n) is 10.4. The van der Waals surface area contributed by atoms with Crippen LogP contribution in [0.1, 0.15) is 16.7 Å². The summed E-state index contributed by atoms with van der Waals surface area (Å²) >= 11 is 1.60. The molecule has 100 valence electrons. The van der Waals surface area contributed by atoms with Crippen molar-refractivity contribution in [1.82, 2.24) is 15.0 Å². The van der Waals surface area contributed by atoms with Gasteiger partial charge in [-0.25, -0.2) is 19.3 Å². The van der Waals surface area contributed by atoms with Crippen molar-refractivity contribution < 1.29 is 9.13 Å². The molecule has 3 heterocycles. The number of halogens is 1. The van der Waals surface area contributed by atoms with Crippen LogP contribution in [0.15, 0.2) is 17.8 Å². The molecule has 0 amide bonds. The minimum Gasteiger partial charge on any atom is -0.377 e. The Kier molecular flexibility index (Phi) is 3.39. The van der Waals surface area contributed by atoms with E-state index in [0.717, 1.165) is 10.7 Å². The van der Waals surface area contributed by atoms with Crippen molar-refractivity contribution in [1.29, 1.82) is 0 Å². The highest BCUT2D eigenvalue weighted by Crippen LogP contribution is 2.28. The molecule has 1 fully saturated rings. The van der Waals surface area contributed by atoms with Crippen molar-refractivity contribution in [3.05, 3.63) is 34.3 Å². The van der Waals surface area contributed by atoms with Gasteiger partial charge in [-0.1, -0.05) is 0 Å². The third kappa shape index (κ3) is 2.57. The SMILES string of the molecule is Cc1nc(C2COCCN2c2ncc(F)cn2)cs1. The van der Waals surface area contributed by atoms with Crippen LogP contribution in [0.5, 0.6) is 0 Å². The lowest BCUT2D eigenvalue weighted by molar-refractivity contribution is 0.0922. The minimum atomic E-state index is -0.432. The minimum absolute atomic E-state index is 0.0100. The Morgan fingerprint density at radius 1 is 1.42 bits per heavy atom. The van der Waals surface area contributed by atoms with E-state index in [9.17, 15) is 4.39 Å². The van der Waals surface area contributed by atoms with E-state index in [1.54, 1.807) is 11.3 Å². The Bertz CT molecular complexity index is 559. The molecular formula is C12H13FN4OS. The summed E-state index contributed by atoms with van der Waals surface area (Å²) in [6.07, 6.45) is 2.36. The van der Waals surface area contributed by atoms with E-state index in [-0.39, 0.29) is 6.04 Å². The monoisotopic (exact) mass is 280 g/mol. The first-order valence-corrected chi connectivity index (χ1v) is 6.86. The van der Waals surface area contributed by atoms with E-state index in [0.29, 0.717) is 25.7 Å². The lowest BCUT2D eigenvalue weighted by Gasteiger charge is -2.34. The Balaban J connectivity index is 1.90. The number of nitrogens with zero attached hydrogens (tertiary/aromatic N) is 4. The summed E-state index contributed by atoms with van der Waals surface area (Å²) in [7, 11) is 0. The number of morpholine rings is 1. The molecule has 3 rings (SSSR count). The molecule has 1 aliphatic rings. The predicted octanol–water partition coefficient (Wildman–Crippen LogP) is 1.96. The molecule has 1 aliphatic heterocycles. The van der Waals surface area contributed by atoms with E-state index in [4.69, 9.17) is 4.74 Å². The third-order valence-electron chi connectivity index (χ3n) is 2.97. The summed E-state index contributed by atoms with van der Waals surface area (Å²) < 4.78 is 18.4. The molecule has 1 unspecified atom stereocenters. The van der Waals surface area contributed by atoms with Gasteiger partial charge in [0.25, 0.3) is 0 Å². The van der Waals surface area contributed by atoms with Crippen molar-refractivity contribution in [2.75, 3.05) is 24.7 Å². The fourth-order valence-corrected chi connectivity index (χ4v) is 2.73. The molecule has 0 aromatic carbocycles. The zero-order chi connectivity index (χ0) is 13.2. The number of hydrogen-bond donors (Lipinski definition) is 0. The van der Waals surface area contributed by atoms with Crippen molar-refractivity contribution in [3.63, 3.8) is 0 Å². The van der Waals surface area contributed by atoms with Gasteiger partial charge in [0.15, 0.2) is 5.82 Å². The highest BCUT2D eigenvalue weighted by Gasteiger charge is 2.28. The Hall–Kier alpha value is -1.60. The molecule has 5 nitrogen and oxygen atoms in total. The van der Waals surface area contributed by atoms with Gasteiger partial charge >= 0.3 is 0 Å². The lowest BCUT2D eigenvalue weighted by Crippen LogP contribution is -2.40. The van der Waals surface area contributed by atoms with E-state index in [2.05, 4.69) is 15.0 Å². The van der Waals surface area contributed by atoms with E-state index >= 15 is 0 Å². The number of thiazole rings is 1. The van der Waals surface area contributed by atoms with Crippen molar-refractivity contribution in [2.45, 2.75) is 13.0 Å². The fraction of sp³-hybridized carbons (Fsp3) is 0.417. The summed E-state index contributed by atoms with van der Waals surface area (Å²) in [6, 6.07) is -0.0100. The predicted molar refractivity (Wildman–Crippen MR) is 69.7 cm³/mol. The molecule has 0 aliphatic carbocycles. The number of ether oxygens (including phenoxy) is 1. The van der Waals surface area contributed by atoms with Crippen molar-refractivity contribution in [2.24, 2.45) is 0 Å². The highest BCUT2D eigenvalue weighted by molar-refractivity contribution is 7.09. The van der Waals surface area contributed by atoms with E-state index in [1.165, 1.54) is 12.4 Å². The average molecular weight is 280 g/mol. The second kappa shape index (κ2) is 5.18. The van der Waals surface area contributed by atoms with Gasteiger partial charge in [0.2, 0.25) is 5.95 Å². The van der Waals surface area contributed by atoms with Crippen LogP contribution in [0.2, 0.25) is 0 Å². The van der Waals surface area contributed by atoms with Gasteiger partial charge in [-0.05, 0) is 6.92 Å². The standard InChI is InChI=1S/C12H13FN4OS/c1-8-16-10(7-19-8)11-6-18-3-2-17(11)12-14-4-9(13)5-15-12/h4-5,7,11H,2-3,6H2,1H3. The van der Waals surface area contributed by atoms with E-state index < -0.39 is 5.82 Å². The van der Waals surface area contributed by atoms with Gasteiger partial charge in [-0.3, -0.25) is 0 Å². The summed E-state index contributed by atoms with van der Waals surface area (Å²) in [4.78, 5) is 14.6. The normalized spacial score (nSPS) is 19.7. The maximum atomic E-state index is 12.9.